The number of carbonyl (C=O) groups excluding carboxylic acids is 1. The lowest BCUT2D eigenvalue weighted by Gasteiger charge is -2.42. The third kappa shape index (κ3) is 1.96. The van der Waals surface area contributed by atoms with Crippen molar-refractivity contribution in [3.05, 3.63) is 12.2 Å². The average Bonchev–Trinajstić information content (AvgIpc) is 3.15. The van der Waals surface area contributed by atoms with E-state index in [1.54, 1.807) is 0 Å². The van der Waals surface area contributed by atoms with Crippen LogP contribution in [0.15, 0.2) is 12.2 Å². The molecule has 0 heterocycles. The summed E-state index contributed by atoms with van der Waals surface area (Å²) >= 11 is 0. The monoisotopic (exact) mass is 290 g/mol. The molecule has 0 aromatic heterocycles. The number of hydrogen-bond acceptors (Lipinski definition) is 3. The predicted octanol–water partition coefficient (Wildman–Crippen LogP) is 4.18. The molecule has 3 saturated carbocycles. The van der Waals surface area contributed by atoms with E-state index in [9.17, 15) is 4.79 Å². The van der Waals surface area contributed by atoms with Crippen molar-refractivity contribution in [2.24, 2.45) is 35.5 Å². The Hall–Kier alpha value is -0.990. The molecule has 0 amide bonds. The SMILES string of the molecule is CCCCOC(=O)OC1(C)CC2CC1C1C3C=CC(C3)C21. The van der Waals surface area contributed by atoms with E-state index in [2.05, 4.69) is 26.0 Å². The molecule has 3 fully saturated rings. The Morgan fingerprint density at radius 2 is 2.00 bits per heavy atom. The summed E-state index contributed by atoms with van der Waals surface area (Å²) in [7, 11) is 0. The second kappa shape index (κ2) is 4.76. The summed E-state index contributed by atoms with van der Waals surface area (Å²) in [4.78, 5) is 11.9. The Morgan fingerprint density at radius 1 is 1.24 bits per heavy atom. The van der Waals surface area contributed by atoms with E-state index in [0.717, 1.165) is 48.9 Å². The van der Waals surface area contributed by atoms with Crippen LogP contribution in [0.25, 0.3) is 0 Å². The van der Waals surface area contributed by atoms with Crippen molar-refractivity contribution >= 4 is 6.16 Å². The zero-order chi connectivity index (χ0) is 14.6. The van der Waals surface area contributed by atoms with E-state index < -0.39 is 6.16 Å². The van der Waals surface area contributed by atoms with Crippen LogP contribution >= 0.6 is 0 Å². The van der Waals surface area contributed by atoms with Crippen LogP contribution in [0.4, 0.5) is 4.79 Å². The Morgan fingerprint density at radius 3 is 2.76 bits per heavy atom. The first kappa shape index (κ1) is 13.7. The first-order valence-electron chi connectivity index (χ1n) is 8.66. The standard InChI is InChI=1S/C18H26O3/c1-3-4-7-20-17(19)21-18(2)10-13-9-14(18)16-12-6-5-11(8-12)15(13)16/h5-6,11-16H,3-4,7-10H2,1-2H3. The summed E-state index contributed by atoms with van der Waals surface area (Å²) in [6, 6.07) is 0. The molecule has 116 valence electrons. The largest absolute Gasteiger partial charge is 0.508 e. The van der Waals surface area contributed by atoms with Crippen LogP contribution < -0.4 is 0 Å². The van der Waals surface area contributed by atoms with E-state index in [-0.39, 0.29) is 5.60 Å². The van der Waals surface area contributed by atoms with Crippen LogP contribution in [0.5, 0.6) is 0 Å². The molecular formula is C18H26O3. The van der Waals surface area contributed by atoms with Crippen molar-refractivity contribution in [2.75, 3.05) is 6.61 Å². The van der Waals surface area contributed by atoms with Gasteiger partial charge >= 0.3 is 6.16 Å². The maximum absolute atomic E-state index is 11.9. The minimum Gasteiger partial charge on any atom is -0.434 e. The lowest BCUT2D eigenvalue weighted by Crippen LogP contribution is -2.45. The van der Waals surface area contributed by atoms with Gasteiger partial charge in [0.05, 0.1) is 6.61 Å². The maximum Gasteiger partial charge on any atom is 0.508 e. The van der Waals surface area contributed by atoms with Crippen LogP contribution in [0.2, 0.25) is 0 Å². The fraction of sp³-hybridized carbons (Fsp3) is 0.833. The highest BCUT2D eigenvalue weighted by Gasteiger charge is 2.66. The quantitative estimate of drug-likeness (QED) is 0.337. The first-order chi connectivity index (χ1) is 10.1. The smallest absolute Gasteiger partial charge is 0.434 e. The van der Waals surface area contributed by atoms with Crippen molar-refractivity contribution in [2.45, 2.75) is 51.6 Å². The minimum absolute atomic E-state index is 0.284. The van der Waals surface area contributed by atoms with Gasteiger partial charge in [0, 0.05) is 5.92 Å². The Bertz CT molecular complexity index is 471. The third-order valence-electron chi connectivity index (χ3n) is 6.63. The molecule has 0 aliphatic heterocycles. The van der Waals surface area contributed by atoms with E-state index in [0.29, 0.717) is 12.5 Å². The number of hydrogen-bond donors (Lipinski definition) is 0. The van der Waals surface area contributed by atoms with Gasteiger partial charge in [-0.1, -0.05) is 25.5 Å². The Labute approximate surface area is 127 Å². The molecule has 0 spiro atoms. The second-order valence-electron chi connectivity index (χ2n) is 7.78. The van der Waals surface area contributed by atoms with E-state index in [1.165, 1.54) is 12.8 Å². The number of unbranched alkanes of at least 4 members (excludes halogenated alkanes) is 1. The van der Waals surface area contributed by atoms with Crippen LogP contribution in [-0.4, -0.2) is 18.4 Å². The second-order valence-corrected chi connectivity index (χ2v) is 7.78. The summed E-state index contributed by atoms with van der Waals surface area (Å²) in [5, 5.41) is 0. The zero-order valence-electron chi connectivity index (χ0n) is 13.1. The van der Waals surface area contributed by atoms with Crippen LogP contribution in [0.1, 0.15) is 46.0 Å². The fourth-order valence-electron chi connectivity index (χ4n) is 5.95. The van der Waals surface area contributed by atoms with Crippen LogP contribution in [0.3, 0.4) is 0 Å². The van der Waals surface area contributed by atoms with Crippen LogP contribution in [0, 0.1) is 35.5 Å². The molecular weight excluding hydrogens is 264 g/mol. The molecule has 0 aromatic carbocycles. The fourth-order valence-corrected chi connectivity index (χ4v) is 5.95. The highest BCUT2D eigenvalue weighted by atomic mass is 16.7. The molecule has 0 saturated heterocycles. The molecule has 4 rings (SSSR count). The van der Waals surface area contributed by atoms with Gasteiger partial charge in [-0.3, -0.25) is 0 Å². The summed E-state index contributed by atoms with van der Waals surface area (Å²) in [6.45, 7) is 4.72. The summed E-state index contributed by atoms with van der Waals surface area (Å²) in [5.41, 5.74) is -0.284. The third-order valence-corrected chi connectivity index (χ3v) is 6.63. The molecule has 4 aliphatic rings. The molecule has 0 N–H and O–H groups in total. The van der Waals surface area contributed by atoms with Gasteiger partial charge in [0.1, 0.15) is 5.60 Å². The average molecular weight is 290 g/mol. The van der Waals surface area contributed by atoms with Gasteiger partial charge in [-0.15, -0.1) is 0 Å². The van der Waals surface area contributed by atoms with Gasteiger partial charge in [0.2, 0.25) is 0 Å². The van der Waals surface area contributed by atoms with E-state index >= 15 is 0 Å². The van der Waals surface area contributed by atoms with Gasteiger partial charge in [0.15, 0.2) is 0 Å². The van der Waals surface area contributed by atoms with Gasteiger partial charge < -0.3 is 9.47 Å². The highest BCUT2D eigenvalue weighted by molar-refractivity contribution is 5.60. The van der Waals surface area contributed by atoms with Crippen LogP contribution in [-0.2, 0) is 9.47 Å². The van der Waals surface area contributed by atoms with Gasteiger partial charge in [0.25, 0.3) is 0 Å². The summed E-state index contributed by atoms with van der Waals surface area (Å²) in [5.74, 6) is 4.50. The first-order valence-corrected chi connectivity index (χ1v) is 8.66. The molecule has 3 nitrogen and oxygen atoms in total. The number of ether oxygens (including phenoxy) is 2. The molecule has 21 heavy (non-hydrogen) atoms. The lowest BCUT2D eigenvalue weighted by atomic mass is 9.68. The predicted molar refractivity (Wildman–Crippen MR) is 79.7 cm³/mol. The zero-order valence-corrected chi connectivity index (χ0v) is 13.1. The minimum atomic E-state index is -0.450. The van der Waals surface area contributed by atoms with Gasteiger partial charge in [-0.05, 0) is 62.2 Å². The Balaban J connectivity index is 1.43. The van der Waals surface area contributed by atoms with Crippen molar-refractivity contribution in [1.82, 2.24) is 0 Å². The maximum atomic E-state index is 11.9. The molecule has 4 aliphatic carbocycles. The van der Waals surface area contributed by atoms with Gasteiger partial charge in [-0.25, -0.2) is 4.79 Å². The van der Waals surface area contributed by atoms with Crippen molar-refractivity contribution in [1.29, 1.82) is 0 Å². The van der Waals surface area contributed by atoms with E-state index in [1.807, 2.05) is 0 Å². The Kier molecular flexibility index (Phi) is 3.09. The molecule has 7 unspecified atom stereocenters. The van der Waals surface area contributed by atoms with Crippen molar-refractivity contribution < 1.29 is 14.3 Å². The molecule has 4 bridgehead atoms. The number of allylic oxidation sites excluding steroid dienone is 2. The van der Waals surface area contributed by atoms with Crippen molar-refractivity contribution in [3.63, 3.8) is 0 Å². The van der Waals surface area contributed by atoms with Gasteiger partial charge in [-0.2, -0.15) is 0 Å². The normalized spacial score (nSPS) is 48.7. The summed E-state index contributed by atoms with van der Waals surface area (Å²) in [6.07, 6.45) is 10.0. The molecule has 0 radical (unpaired) electrons. The molecule has 0 aromatic rings. The lowest BCUT2D eigenvalue weighted by molar-refractivity contribution is -0.0792. The summed E-state index contributed by atoms with van der Waals surface area (Å²) < 4.78 is 11.0. The van der Waals surface area contributed by atoms with Crippen molar-refractivity contribution in [3.8, 4) is 0 Å². The molecule has 3 heteroatoms. The number of rotatable bonds is 4. The topological polar surface area (TPSA) is 35.5 Å². The number of carbonyl (C=O) groups is 1. The van der Waals surface area contributed by atoms with E-state index in [4.69, 9.17) is 9.47 Å². The molecule has 7 atom stereocenters. The number of fused-ring (bicyclic) bond motifs is 9. The highest BCUT2D eigenvalue weighted by Crippen LogP contribution is 2.68.